The molecule has 1 heterocycles. The van der Waals surface area contributed by atoms with E-state index in [9.17, 15) is 4.79 Å². The zero-order valence-electron chi connectivity index (χ0n) is 11.0. The van der Waals surface area contributed by atoms with Crippen molar-refractivity contribution in [2.45, 2.75) is 12.8 Å². The molecule has 2 aromatic rings. The molecule has 0 aliphatic heterocycles. The Hall–Kier alpha value is -2.14. The molecule has 1 amide bonds. The minimum Gasteiger partial charge on any atom is -0.330 e. The zero-order chi connectivity index (χ0) is 13.7. The molecule has 19 heavy (non-hydrogen) atoms. The van der Waals surface area contributed by atoms with Crippen LogP contribution in [0.15, 0.2) is 36.5 Å². The van der Waals surface area contributed by atoms with Gasteiger partial charge < -0.3 is 11.1 Å². The van der Waals surface area contributed by atoms with Gasteiger partial charge in [0, 0.05) is 18.9 Å². The second kappa shape index (κ2) is 6.15. The predicted octanol–water partition coefficient (Wildman–Crippen LogP) is 1.56. The van der Waals surface area contributed by atoms with Crippen LogP contribution >= 0.6 is 0 Å². The number of rotatable bonds is 5. The molecule has 0 unspecified atom stereocenters. The lowest BCUT2D eigenvalue weighted by atomic mass is 10.1. The van der Waals surface area contributed by atoms with Crippen molar-refractivity contribution in [2.75, 3.05) is 11.9 Å². The highest BCUT2D eigenvalue weighted by atomic mass is 16.1. The highest BCUT2D eigenvalue weighted by Gasteiger charge is 2.08. The third-order valence-corrected chi connectivity index (χ3v) is 2.80. The minimum atomic E-state index is -0.198. The molecule has 1 aromatic carbocycles. The van der Waals surface area contributed by atoms with Gasteiger partial charge in [0.15, 0.2) is 5.69 Å². The number of nitrogens with zero attached hydrogens (tertiary/aromatic N) is 2. The Morgan fingerprint density at radius 3 is 2.95 bits per heavy atom. The molecule has 2 rings (SSSR count). The van der Waals surface area contributed by atoms with Gasteiger partial charge in [-0.05, 0) is 43.1 Å². The maximum Gasteiger partial charge on any atom is 0.276 e. The Balaban J connectivity index is 2.04. The Labute approximate surface area is 112 Å². The van der Waals surface area contributed by atoms with E-state index in [1.165, 1.54) is 5.56 Å². The summed E-state index contributed by atoms with van der Waals surface area (Å²) in [6, 6.07) is 9.49. The number of nitrogens with two attached hydrogens (primary N) is 1. The van der Waals surface area contributed by atoms with Crippen LogP contribution in [0.5, 0.6) is 0 Å². The van der Waals surface area contributed by atoms with E-state index in [-0.39, 0.29) is 5.91 Å². The molecule has 0 aliphatic rings. The molecule has 0 spiro atoms. The summed E-state index contributed by atoms with van der Waals surface area (Å²) in [5.74, 6) is -0.198. The summed E-state index contributed by atoms with van der Waals surface area (Å²) in [4.78, 5) is 11.9. The Kier molecular flexibility index (Phi) is 4.30. The van der Waals surface area contributed by atoms with Crippen LogP contribution in [0.2, 0.25) is 0 Å². The van der Waals surface area contributed by atoms with E-state index < -0.39 is 0 Å². The molecular weight excluding hydrogens is 240 g/mol. The summed E-state index contributed by atoms with van der Waals surface area (Å²) < 4.78 is 1.60. The van der Waals surface area contributed by atoms with E-state index in [1.807, 2.05) is 24.3 Å². The van der Waals surface area contributed by atoms with Crippen LogP contribution in [0, 0.1) is 0 Å². The Bertz CT molecular complexity index is 562. The smallest absolute Gasteiger partial charge is 0.276 e. The quantitative estimate of drug-likeness (QED) is 0.855. The zero-order valence-corrected chi connectivity index (χ0v) is 11.0. The monoisotopic (exact) mass is 258 g/mol. The highest BCUT2D eigenvalue weighted by molar-refractivity contribution is 6.02. The number of aryl methyl sites for hydroxylation is 2. The third kappa shape index (κ3) is 3.66. The summed E-state index contributed by atoms with van der Waals surface area (Å²) in [5.41, 5.74) is 7.86. The number of carbonyl (C=O) groups is 1. The molecule has 1 aromatic heterocycles. The van der Waals surface area contributed by atoms with Gasteiger partial charge in [-0.3, -0.25) is 9.48 Å². The van der Waals surface area contributed by atoms with Crippen LogP contribution in [-0.2, 0) is 13.5 Å². The van der Waals surface area contributed by atoms with E-state index in [0.717, 1.165) is 18.5 Å². The maximum atomic E-state index is 11.9. The van der Waals surface area contributed by atoms with Crippen molar-refractivity contribution in [3.63, 3.8) is 0 Å². The van der Waals surface area contributed by atoms with Gasteiger partial charge in [-0.25, -0.2) is 0 Å². The average Bonchev–Trinajstić information content (AvgIpc) is 2.83. The van der Waals surface area contributed by atoms with E-state index in [0.29, 0.717) is 12.2 Å². The van der Waals surface area contributed by atoms with Gasteiger partial charge in [-0.15, -0.1) is 0 Å². The van der Waals surface area contributed by atoms with Crippen molar-refractivity contribution in [1.29, 1.82) is 0 Å². The fourth-order valence-electron chi connectivity index (χ4n) is 1.84. The first-order valence-electron chi connectivity index (χ1n) is 6.29. The summed E-state index contributed by atoms with van der Waals surface area (Å²) in [6.45, 7) is 0.671. The molecule has 5 heteroatoms. The lowest BCUT2D eigenvalue weighted by molar-refractivity contribution is 0.102. The molecule has 0 aliphatic carbocycles. The maximum absolute atomic E-state index is 11.9. The molecule has 0 saturated heterocycles. The van der Waals surface area contributed by atoms with Crippen molar-refractivity contribution in [1.82, 2.24) is 9.78 Å². The average molecular weight is 258 g/mol. The van der Waals surface area contributed by atoms with Gasteiger partial charge in [0.25, 0.3) is 5.91 Å². The predicted molar refractivity (Wildman–Crippen MR) is 75.0 cm³/mol. The fourth-order valence-corrected chi connectivity index (χ4v) is 1.84. The van der Waals surface area contributed by atoms with Crippen LogP contribution in [-0.4, -0.2) is 22.2 Å². The van der Waals surface area contributed by atoms with E-state index >= 15 is 0 Å². The molecule has 5 nitrogen and oxygen atoms in total. The van der Waals surface area contributed by atoms with E-state index in [2.05, 4.69) is 10.4 Å². The second-order valence-corrected chi connectivity index (χ2v) is 4.42. The first-order chi connectivity index (χ1) is 9.19. The Morgan fingerprint density at radius 2 is 2.26 bits per heavy atom. The number of hydrogen-bond donors (Lipinski definition) is 2. The number of hydrogen-bond acceptors (Lipinski definition) is 3. The number of carbonyl (C=O) groups excluding carboxylic acids is 1. The van der Waals surface area contributed by atoms with Gasteiger partial charge in [0.1, 0.15) is 0 Å². The summed E-state index contributed by atoms with van der Waals surface area (Å²) >= 11 is 0. The molecule has 0 bridgehead atoms. The molecule has 0 fully saturated rings. The van der Waals surface area contributed by atoms with Gasteiger partial charge >= 0.3 is 0 Å². The number of amides is 1. The summed E-state index contributed by atoms with van der Waals surface area (Å²) in [6.07, 6.45) is 3.61. The lowest BCUT2D eigenvalue weighted by Crippen LogP contribution is -2.13. The van der Waals surface area contributed by atoms with Crippen LogP contribution in [0.25, 0.3) is 0 Å². The number of benzene rings is 1. The van der Waals surface area contributed by atoms with Crippen molar-refractivity contribution >= 4 is 11.6 Å². The van der Waals surface area contributed by atoms with Crippen LogP contribution in [0.4, 0.5) is 5.69 Å². The Morgan fingerprint density at radius 1 is 1.42 bits per heavy atom. The standard InChI is InChI=1S/C14H18N4O/c1-18-9-7-13(17-18)14(19)16-12-6-2-4-11(10-12)5-3-8-15/h2,4,6-7,9-10H,3,5,8,15H2,1H3,(H,16,19). The minimum absolute atomic E-state index is 0.198. The van der Waals surface area contributed by atoms with Crippen molar-refractivity contribution in [3.8, 4) is 0 Å². The molecule has 0 saturated carbocycles. The number of aromatic nitrogens is 2. The normalized spacial score (nSPS) is 10.4. The van der Waals surface area contributed by atoms with E-state index in [1.54, 1.807) is 24.0 Å². The lowest BCUT2D eigenvalue weighted by Gasteiger charge is -2.06. The molecular formula is C14H18N4O. The summed E-state index contributed by atoms with van der Waals surface area (Å²) in [5, 5.41) is 6.91. The summed E-state index contributed by atoms with van der Waals surface area (Å²) in [7, 11) is 1.78. The number of anilines is 1. The van der Waals surface area contributed by atoms with Crippen molar-refractivity contribution in [2.24, 2.45) is 12.8 Å². The first-order valence-corrected chi connectivity index (χ1v) is 6.29. The van der Waals surface area contributed by atoms with Crippen molar-refractivity contribution in [3.05, 3.63) is 47.8 Å². The van der Waals surface area contributed by atoms with Crippen LogP contribution < -0.4 is 11.1 Å². The topological polar surface area (TPSA) is 72.9 Å². The van der Waals surface area contributed by atoms with Crippen molar-refractivity contribution < 1.29 is 4.79 Å². The third-order valence-electron chi connectivity index (χ3n) is 2.80. The highest BCUT2D eigenvalue weighted by Crippen LogP contribution is 2.13. The van der Waals surface area contributed by atoms with Crippen LogP contribution in [0.1, 0.15) is 22.5 Å². The second-order valence-electron chi connectivity index (χ2n) is 4.42. The van der Waals surface area contributed by atoms with Crippen LogP contribution in [0.3, 0.4) is 0 Å². The number of nitrogens with one attached hydrogen (secondary N) is 1. The SMILES string of the molecule is Cn1ccc(C(=O)Nc2cccc(CCCN)c2)n1. The van der Waals surface area contributed by atoms with Gasteiger partial charge in [-0.2, -0.15) is 5.10 Å². The largest absolute Gasteiger partial charge is 0.330 e. The molecule has 0 radical (unpaired) electrons. The molecule has 100 valence electrons. The first kappa shape index (κ1) is 13.3. The van der Waals surface area contributed by atoms with Gasteiger partial charge in [-0.1, -0.05) is 12.1 Å². The molecule has 0 atom stereocenters. The van der Waals surface area contributed by atoms with E-state index in [4.69, 9.17) is 5.73 Å². The van der Waals surface area contributed by atoms with Gasteiger partial charge in [0.05, 0.1) is 0 Å². The molecule has 3 N–H and O–H groups in total. The van der Waals surface area contributed by atoms with Gasteiger partial charge in [0.2, 0.25) is 0 Å². The fraction of sp³-hybridized carbons (Fsp3) is 0.286.